The highest BCUT2D eigenvalue weighted by Crippen LogP contribution is 2.32. The van der Waals surface area contributed by atoms with Crippen LogP contribution < -0.4 is 11.3 Å². The molecular weight excluding hydrogens is 255 g/mol. The lowest BCUT2D eigenvalue weighted by Crippen LogP contribution is -2.47. The number of nitrogens with one attached hydrogen (secondary N) is 1. The lowest BCUT2D eigenvalue weighted by Gasteiger charge is -2.32. The first kappa shape index (κ1) is 15.1. The Morgan fingerprint density at radius 3 is 2.28 bits per heavy atom. The van der Waals surface area contributed by atoms with Crippen LogP contribution in [-0.2, 0) is 9.84 Å². The van der Waals surface area contributed by atoms with Crippen molar-refractivity contribution in [2.24, 2.45) is 5.84 Å². The zero-order valence-electron chi connectivity index (χ0n) is 11.0. The number of benzene rings is 1. The molecule has 0 saturated carbocycles. The van der Waals surface area contributed by atoms with Gasteiger partial charge in [-0.15, -0.1) is 0 Å². The van der Waals surface area contributed by atoms with Crippen LogP contribution in [0.2, 0.25) is 0 Å². The summed E-state index contributed by atoms with van der Waals surface area (Å²) in [4.78, 5) is 0. The largest absolute Gasteiger partial charge is 0.271 e. The Morgan fingerprint density at radius 1 is 1.33 bits per heavy atom. The molecule has 1 aromatic carbocycles. The van der Waals surface area contributed by atoms with Crippen LogP contribution in [0, 0.1) is 12.7 Å². The van der Waals surface area contributed by atoms with E-state index in [-0.39, 0.29) is 0 Å². The van der Waals surface area contributed by atoms with Gasteiger partial charge < -0.3 is 0 Å². The van der Waals surface area contributed by atoms with Crippen molar-refractivity contribution in [3.05, 3.63) is 35.1 Å². The Hall–Kier alpha value is -0.980. The summed E-state index contributed by atoms with van der Waals surface area (Å²) in [6.45, 7) is 4.87. The third-order valence-corrected chi connectivity index (χ3v) is 5.36. The summed E-state index contributed by atoms with van der Waals surface area (Å²) in [6, 6.07) is 3.72. The average molecular weight is 274 g/mol. The topological polar surface area (TPSA) is 72.2 Å². The van der Waals surface area contributed by atoms with E-state index in [4.69, 9.17) is 5.84 Å². The molecule has 0 saturated heterocycles. The van der Waals surface area contributed by atoms with Crippen LogP contribution in [0.3, 0.4) is 0 Å². The molecule has 18 heavy (non-hydrogen) atoms. The molecule has 0 heterocycles. The number of sulfone groups is 1. The van der Waals surface area contributed by atoms with Crippen molar-refractivity contribution in [1.82, 2.24) is 5.43 Å². The van der Waals surface area contributed by atoms with E-state index in [0.717, 1.165) is 11.8 Å². The Labute approximate surface area is 107 Å². The van der Waals surface area contributed by atoms with E-state index in [9.17, 15) is 12.8 Å². The number of aryl methyl sites for hydroxylation is 1. The molecule has 0 fully saturated rings. The van der Waals surface area contributed by atoms with E-state index in [1.54, 1.807) is 26.8 Å². The highest BCUT2D eigenvalue weighted by molar-refractivity contribution is 7.92. The second-order valence-electron chi connectivity index (χ2n) is 5.04. The fourth-order valence-corrected chi connectivity index (χ4v) is 2.48. The second kappa shape index (κ2) is 4.95. The lowest BCUT2D eigenvalue weighted by atomic mass is 9.94. The predicted octanol–water partition coefficient (Wildman–Crippen LogP) is 1.46. The molecule has 1 rings (SSSR count). The molecule has 6 heteroatoms. The number of hydrogen-bond donors (Lipinski definition) is 2. The number of hydrazine groups is 1. The summed E-state index contributed by atoms with van der Waals surface area (Å²) in [6.07, 6.45) is 1.14. The van der Waals surface area contributed by atoms with Crippen molar-refractivity contribution >= 4 is 9.84 Å². The lowest BCUT2D eigenvalue weighted by molar-refractivity contribution is 0.426. The van der Waals surface area contributed by atoms with Crippen LogP contribution in [0.4, 0.5) is 4.39 Å². The van der Waals surface area contributed by atoms with Gasteiger partial charge in [0.15, 0.2) is 9.84 Å². The van der Waals surface area contributed by atoms with E-state index in [1.165, 1.54) is 12.1 Å². The van der Waals surface area contributed by atoms with Crippen LogP contribution in [0.15, 0.2) is 18.2 Å². The number of halogens is 1. The number of nitrogens with two attached hydrogens (primary N) is 1. The summed E-state index contributed by atoms with van der Waals surface area (Å²) in [5.41, 5.74) is 3.71. The summed E-state index contributed by atoms with van der Waals surface area (Å²) in [5, 5.41) is 0. The molecule has 0 radical (unpaired) electrons. The maximum atomic E-state index is 13.4. The van der Waals surface area contributed by atoms with Gasteiger partial charge in [-0.3, -0.25) is 11.3 Å². The van der Waals surface area contributed by atoms with Gasteiger partial charge in [0.05, 0.1) is 10.8 Å². The SMILES string of the molecule is Cc1cc(F)cc(C(NN)C(C)(C)S(C)(=O)=O)c1. The standard InChI is InChI=1S/C12H19FN2O2S/c1-8-5-9(7-10(13)6-8)11(15-14)12(2,3)18(4,16)17/h5-7,11,15H,14H2,1-4H3. The fourth-order valence-electron chi connectivity index (χ4n) is 1.84. The fraction of sp³-hybridized carbons (Fsp3) is 0.500. The van der Waals surface area contributed by atoms with E-state index in [0.29, 0.717) is 5.56 Å². The highest BCUT2D eigenvalue weighted by Gasteiger charge is 2.39. The van der Waals surface area contributed by atoms with Crippen molar-refractivity contribution in [2.75, 3.05) is 6.26 Å². The van der Waals surface area contributed by atoms with E-state index < -0.39 is 26.4 Å². The first-order chi connectivity index (χ1) is 8.09. The van der Waals surface area contributed by atoms with Crippen LogP contribution in [0.5, 0.6) is 0 Å². The van der Waals surface area contributed by atoms with Crippen LogP contribution >= 0.6 is 0 Å². The van der Waals surface area contributed by atoms with Gasteiger partial charge >= 0.3 is 0 Å². The molecule has 3 N–H and O–H groups in total. The molecule has 1 atom stereocenters. The van der Waals surface area contributed by atoms with Crippen molar-refractivity contribution in [3.8, 4) is 0 Å². The number of hydrogen-bond acceptors (Lipinski definition) is 4. The Balaban J connectivity index is 3.34. The maximum absolute atomic E-state index is 13.4. The van der Waals surface area contributed by atoms with Crippen LogP contribution in [-0.4, -0.2) is 19.4 Å². The first-order valence-corrected chi connectivity index (χ1v) is 7.41. The molecule has 0 aliphatic carbocycles. The van der Waals surface area contributed by atoms with Gasteiger partial charge in [0.2, 0.25) is 0 Å². The molecular formula is C12H19FN2O2S. The molecule has 0 bridgehead atoms. The normalized spacial score (nSPS) is 14.6. The monoisotopic (exact) mass is 274 g/mol. The third kappa shape index (κ3) is 2.88. The van der Waals surface area contributed by atoms with Gasteiger partial charge in [-0.2, -0.15) is 0 Å². The van der Waals surface area contributed by atoms with Gasteiger partial charge in [0, 0.05) is 6.26 Å². The smallest absolute Gasteiger partial charge is 0.154 e. The number of rotatable bonds is 4. The van der Waals surface area contributed by atoms with Gasteiger partial charge in [-0.25, -0.2) is 12.8 Å². The zero-order chi connectivity index (χ0) is 14.1. The molecule has 102 valence electrons. The molecule has 1 unspecified atom stereocenters. The molecule has 0 amide bonds. The first-order valence-electron chi connectivity index (χ1n) is 5.52. The van der Waals surface area contributed by atoms with E-state index in [2.05, 4.69) is 5.43 Å². The summed E-state index contributed by atoms with van der Waals surface area (Å²) in [7, 11) is -3.35. The van der Waals surface area contributed by atoms with Crippen LogP contribution in [0.25, 0.3) is 0 Å². The summed E-state index contributed by atoms with van der Waals surface area (Å²) >= 11 is 0. The molecule has 0 spiro atoms. The summed E-state index contributed by atoms with van der Waals surface area (Å²) < 4.78 is 35.9. The minimum Gasteiger partial charge on any atom is -0.271 e. The molecule has 1 aromatic rings. The Morgan fingerprint density at radius 2 is 1.89 bits per heavy atom. The second-order valence-corrected chi connectivity index (χ2v) is 7.63. The van der Waals surface area contributed by atoms with Crippen LogP contribution in [0.1, 0.15) is 31.0 Å². The van der Waals surface area contributed by atoms with E-state index in [1.807, 2.05) is 0 Å². The van der Waals surface area contributed by atoms with E-state index >= 15 is 0 Å². The van der Waals surface area contributed by atoms with Crippen molar-refractivity contribution in [3.63, 3.8) is 0 Å². The molecule has 0 aliphatic heterocycles. The minimum absolute atomic E-state index is 0.408. The molecule has 0 aromatic heterocycles. The zero-order valence-corrected chi connectivity index (χ0v) is 11.8. The average Bonchev–Trinajstić information content (AvgIpc) is 2.14. The van der Waals surface area contributed by atoms with Gasteiger partial charge in [-0.1, -0.05) is 6.07 Å². The summed E-state index contributed by atoms with van der Waals surface area (Å²) in [5.74, 6) is 5.04. The quantitative estimate of drug-likeness (QED) is 0.644. The minimum atomic E-state index is -3.35. The predicted molar refractivity (Wildman–Crippen MR) is 70.1 cm³/mol. The molecule has 4 nitrogen and oxygen atoms in total. The Bertz CT molecular complexity index is 521. The molecule has 0 aliphatic rings. The maximum Gasteiger partial charge on any atom is 0.154 e. The van der Waals surface area contributed by atoms with Gasteiger partial charge in [0.1, 0.15) is 5.82 Å². The van der Waals surface area contributed by atoms with Crippen molar-refractivity contribution in [2.45, 2.75) is 31.6 Å². The Kier molecular flexibility index (Phi) is 4.15. The highest BCUT2D eigenvalue weighted by atomic mass is 32.2. The van der Waals surface area contributed by atoms with Gasteiger partial charge in [-0.05, 0) is 44.0 Å². The van der Waals surface area contributed by atoms with Gasteiger partial charge in [0.25, 0.3) is 0 Å². The van der Waals surface area contributed by atoms with Crippen molar-refractivity contribution < 1.29 is 12.8 Å². The third-order valence-electron chi connectivity index (χ3n) is 3.22. The van der Waals surface area contributed by atoms with Crippen molar-refractivity contribution in [1.29, 1.82) is 0 Å².